The van der Waals surface area contributed by atoms with Crippen LogP contribution in [0.4, 0.5) is 0 Å². The van der Waals surface area contributed by atoms with Gasteiger partial charge in [-0.2, -0.15) is 4.98 Å². The van der Waals surface area contributed by atoms with Crippen LogP contribution in [-0.2, 0) is 0 Å². The van der Waals surface area contributed by atoms with Crippen LogP contribution in [0.25, 0.3) is 22.6 Å². The number of aryl methyl sites for hydroxylation is 1. The smallest absolute Gasteiger partial charge is 0.247 e. The minimum Gasteiger partial charge on any atom is -0.443 e. The van der Waals surface area contributed by atoms with Gasteiger partial charge in [0.25, 0.3) is 0 Å². The molecule has 1 N–H and O–H groups in total. The summed E-state index contributed by atoms with van der Waals surface area (Å²) in [6, 6.07) is 10.7. The van der Waals surface area contributed by atoms with Crippen LogP contribution in [0.1, 0.15) is 5.56 Å². The highest BCUT2D eigenvalue weighted by Crippen LogP contribution is 2.20. The first-order valence-electron chi connectivity index (χ1n) is 5.09. The third kappa shape index (κ3) is 1.37. The monoisotopic (exact) mass is 212 g/mol. The largest absolute Gasteiger partial charge is 0.443 e. The van der Waals surface area contributed by atoms with Gasteiger partial charge >= 0.3 is 0 Å². The molecule has 0 aromatic heterocycles. The number of benzene rings is 2. The number of aromatic amines is 1. The Bertz CT molecular complexity index is 700. The average molecular weight is 212 g/mol. The van der Waals surface area contributed by atoms with Crippen LogP contribution in [0, 0.1) is 6.92 Å². The maximum Gasteiger partial charge on any atom is 0.247 e. The minimum absolute atomic E-state index is 0.0448. The predicted molar refractivity (Wildman–Crippen MR) is 60.4 cm³/mol. The first kappa shape index (κ1) is 9.09. The molecule has 0 amide bonds. The van der Waals surface area contributed by atoms with Gasteiger partial charge in [-0.3, -0.25) is 4.79 Å². The number of nitrogens with one attached hydrogen (secondary N) is 1. The summed E-state index contributed by atoms with van der Waals surface area (Å²) in [6.45, 7) is 2.00. The van der Waals surface area contributed by atoms with Crippen LogP contribution in [0.2, 0.25) is 0 Å². The number of aromatic nitrogens is 1. The van der Waals surface area contributed by atoms with Gasteiger partial charge in [-0.1, -0.05) is 6.07 Å². The summed E-state index contributed by atoms with van der Waals surface area (Å²) >= 11 is 0. The second-order valence-corrected chi connectivity index (χ2v) is 3.88. The maximum atomic E-state index is 11.2. The predicted octanol–water partition coefficient (Wildman–Crippen LogP) is 2.02. The Kier molecular flexibility index (Phi) is 1.80. The number of hydrogen-bond acceptors (Lipinski definition) is 2. The number of rotatable bonds is 0. The molecule has 0 spiro atoms. The Balaban J connectivity index is 2.46. The molecular weight excluding hydrogens is 202 g/mol. The summed E-state index contributed by atoms with van der Waals surface area (Å²) in [5.74, 6) is 0.589. The van der Waals surface area contributed by atoms with Gasteiger partial charge in [0.2, 0.25) is 17.0 Å². The van der Waals surface area contributed by atoms with Crippen LogP contribution in [-0.4, -0.2) is 0 Å². The van der Waals surface area contributed by atoms with Crippen molar-refractivity contribution in [1.82, 2.24) is 0 Å². The van der Waals surface area contributed by atoms with E-state index in [1.807, 2.05) is 25.1 Å². The van der Waals surface area contributed by atoms with Crippen molar-refractivity contribution in [3.63, 3.8) is 0 Å². The molecule has 1 aromatic rings. The second kappa shape index (κ2) is 3.17. The highest BCUT2D eigenvalue weighted by atomic mass is 16.3. The van der Waals surface area contributed by atoms with Crippen LogP contribution in [0.15, 0.2) is 45.6 Å². The summed E-state index contributed by atoms with van der Waals surface area (Å²) in [6.07, 6.45) is 0. The van der Waals surface area contributed by atoms with E-state index in [-0.39, 0.29) is 5.43 Å². The van der Waals surface area contributed by atoms with E-state index in [0.717, 1.165) is 22.4 Å². The van der Waals surface area contributed by atoms with Gasteiger partial charge in [0.15, 0.2) is 11.0 Å². The molecule has 0 unspecified atom stereocenters. The van der Waals surface area contributed by atoms with Crippen molar-refractivity contribution >= 4 is 11.1 Å². The SMILES string of the molecule is Cc1ccc2[nH+]c3ccc(=O)cc-3oc2c1. The molecule has 0 atom stereocenters. The minimum atomic E-state index is -0.0448. The van der Waals surface area contributed by atoms with E-state index in [9.17, 15) is 4.79 Å². The van der Waals surface area contributed by atoms with Crippen molar-refractivity contribution in [2.45, 2.75) is 6.92 Å². The summed E-state index contributed by atoms with van der Waals surface area (Å²) in [4.78, 5) is 14.4. The molecule has 1 aromatic carbocycles. The van der Waals surface area contributed by atoms with E-state index in [4.69, 9.17) is 4.42 Å². The zero-order valence-electron chi connectivity index (χ0n) is 8.78. The Morgan fingerprint density at radius 3 is 2.88 bits per heavy atom. The molecule has 1 aliphatic heterocycles. The van der Waals surface area contributed by atoms with E-state index >= 15 is 0 Å². The zero-order chi connectivity index (χ0) is 11.1. The lowest BCUT2D eigenvalue weighted by Gasteiger charge is -2.00. The van der Waals surface area contributed by atoms with E-state index in [0.29, 0.717) is 5.76 Å². The van der Waals surface area contributed by atoms with E-state index in [1.54, 1.807) is 6.07 Å². The number of fused-ring (bicyclic) bond motifs is 2. The molecule has 3 heteroatoms. The Hall–Kier alpha value is -2.16. The molecule has 0 fully saturated rings. The highest BCUT2D eigenvalue weighted by Gasteiger charge is 2.14. The first-order chi connectivity index (χ1) is 7.72. The summed E-state index contributed by atoms with van der Waals surface area (Å²) in [5.41, 5.74) is 3.60. The van der Waals surface area contributed by atoms with Crippen molar-refractivity contribution in [3.8, 4) is 11.5 Å². The summed E-state index contributed by atoms with van der Waals surface area (Å²) in [5, 5.41) is 0. The molecule has 16 heavy (non-hydrogen) atoms. The summed E-state index contributed by atoms with van der Waals surface area (Å²) in [7, 11) is 0. The Morgan fingerprint density at radius 2 is 2.00 bits per heavy atom. The standard InChI is InChI=1S/C13H9NO2/c1-8-2-4-10-12(6-8)16-13-7-9(15)3-5-11(13)14-10/h2-7H,1H3/p+1. The molecule has 78 valence electrons. The molecule has 1 aliphatic carbocycles. The van der Waals surface area contributed by atoms with Crippen LogP contribution < -0.4 is 10.4 Å². The van der Waals surface area contributed by atoms with Crippen LogP contribution >= 0.6 is 0 Å². The Labute approximate surface area is 91.7 Å². The third-order valence-electron chi connectivity index (χ3n) is 2.58. The zero-order valence-corrected chi connectivity index (χ0v) is 8.78. The fourth-order valence-electron chi connectivity index (χ4n) is 1.77. The maximum absolute atomic E-state index is 11.2. The topological polar surface area (TPSA) is 44.4 Å². The molecule has 0 saturated heterocycles. The van der Waals surface area contributed by atoms with E-state index in [2.05, 4.69) is 4.98 Å². The van der Waals surface area contributed by atoms with Gasteiger partial charge in [-0.25, -0.2) is 0 Å². The van der Waals surface area contributed by atoms with Gasteiger partial charge in [-0.15, -0.1) is 0 Å². The van der Waals surface area contributed by atoms with Crippen LogP contribution in [0.3, 0.4) is 0 Å². The van der Waals surface area contributed by atoms with E-state index in [1.165, 1.54) is 12.1 Å². The van der Waals surface area contributed by atoms with Gasteiger partial charge in [0, 0.05) is 18.2 Å². The third-order valence-corrected chi connectivity index (χ3v) is 2.58. The normalized spacial score (nSPS) is 11.1. The van der Waals surface area contributed by atoms with Gasteiger partial charge in [-0.05, 0) is 24.6 Å². The van der Waals surface area contributed by atoms with Crippen molar-refractivity contribution in [3.05, 3.63) is 52.2 Å². The van der Waals surface area contributed by atoms with Gasteiger partial charge < -0.3 is 4.42 Å². The quantitative estimate of drug-likeness (QED) is 0.535. The number of hydrogen-bond donors (Lipinski definition) is 0. The fourth-order valence-corrected chi connectivity index (χ4v) is 1.77. The molecule has 1 heterocycles. The van der Waals surface area contributed by atoms with Crippen LogP contribution in [0.5, 0.6) is 0 Å². The van der Waals surface area contributed by atoms with Crippen molar-refractivity contribution in [2.75, 3.05) is 0 Å². The molecule has 0 radical (unpaired) electrons. The molecule has 2 aliphatic rings. The van der Waals surface area contributed by atoms with E-state index < -0.39 is 0 Å². The molecule has 0 bridgehead atoms. The van der Waals surface area contributed by atoms with Crippen molar-refractivity contribution in [2.24, 2.45) is 0 Å². The lowest BCUT2D eigenvalue weighted by Crippen LogP contribution is -2.12. The second-order valence-electron chi connectivity index (χ2n) is 3.88. The Morgan fingerprint density at radius 1 is 1.12 bits per heavy atom. The molecule has 0 saturated carbocycles. The van der Waals surface area contributed by atoms with Crippen molar-refractivity contribution in [1.29, 1.82) is 0 Å². The highest BCUT2D eigenvalue weighted by molar-refractivity contribution is 5.71. The fraction of sp³-hybridized carbons (Fsp3) is 0.0769. The van der Waals surface area contributed by atoms with Gasteiger partial charge in [0.1, 0.15) is 0 Å². The molecule has 3 nitrogen and oxygen atoms in total. The summed E-state index contributed by atoms with van der Waals surface area (Å²) < 4.78 is 5.68. The average Bonchev–Trinajstić information content (AvgIpc) is 2.26. The lowest BCUT2D eigenvalue weighted by molar-refractivity contribution is -0.334. The molecule has 3 rings (SSSR count). The number of H-pyrrole nitrogens is 1. The first-order valence-corrected chi connectivity index (χ1v) is 5.09. The molecular formula is C13H10NO2+. The van der Waals surface area contributed by atoms with Crippen molar-refractivity contribution < 1.29 is 9.40 Å². The van der Waals surface area contributed by atoms with Gasteiger partial charge in [0.05, 0.1) is 0 Å². The lowest BCUT2D eigenvalue weighted by atomic mass is 10.2.